The third-order valence-electron chi connectivity index (χ3n) is 4.14. The molecule has 1 aliphatic rings. The number of amides is 1. The van der Waals surface area contributed by atoms with Crippen molar-refractivity contribution >= 4 is 11.9 Å². The van der Waals surface area contributed by atoms with Crippen LogP contribution in [0.3, 0.4) is 0 Å². The predicted octanol–water partition coefficient (Wildman–Crippen LogP) is 3.15. The number of carbonyl (C=O) groups is 2. The highest BCUT2D eigenvalue weighted by Crippen LogP contribution is 2.22. The molecule has 0 spiro atoms. The fourth-order valence-electron chi connectivity index (χ4n) is 2.66. The van der Waals surface area contributed by atoms with E-state index in [0.29, 0.717) is 12.8 Å². The molecular weight excluding hydrogens is 254 g/mol. The number of esters is 1. The summed E-state index contributed by atoms with van der Waals surface area (Å²) in [5.74, 6) is -0.187. The second-order valence-corrected chi connectivity index (χ2v) is 5.70. The van der Waals surface area contributed by atoms with E-state index >= 15 is 0 Å². The smallest absolute Gasteiger partial charge is 0.308 e. The van der Waals surface area contributed by atoms with Gasteiger partial charge in [0.1, 0.15) is 6.10 Å². The summed E-state index contributed by atoms with van der Waals surface area (Å²) in [6.45, 7) is 7.28. The molecule has 1 unspecified atom stereocenters. The third-order valence-corrected chi connectivity index (χ3v) is 4.14. The second kappa shape index (κ2) is 8.98. The average molecular weight is 283 g/mol. The van der Waals surface area contributed by atoms with Crippen LogP contribution in [0.25, 0.3) is 0 Å². The summed E-state index contributed by atoms with van der Waals surface area (Å²) in [5.41, 5.74) is 0. The Kier molecular flexibility index (Phi) is 7.63. The van der Waals surface area contributed by atoms with Gasteiger partial charge in [0.2, 0.25) is 5.91 Å². The minimum Gasteiger partial charge on any atom is -0.462 e. The summed E-state index contributed by atoms with van der Waals surface area (Å²) in [4.78, 5) is 25.7. The van der Waals surface area contributed by atoms with E-state index in [9.17, 15) is 9.59 Å². The quantitative estimate of drug-likeness (QED) is 0.674. The fourth-order valence-corrected chi connectivity index (χ4v) is 2.66. The lowest BCUT2D eigenvalue weighted by atomic mass is 9.97. The molecule has 4 nitrogen and oxygen atoms in total. The predicted molar refractivity (Wildman–Crippen MR) is 79.3 cm³/mol. The first kappa shape index (κ1) is 17.0. The van der Waals surface area contributed by atoms with Crippen LogP contribution in [0.1, 0.15) is 65.7 Å². The van der Waals surface area contributed by atoms with Crippen LogP contribution in [0.4, 0.5) is 0 Å². The summed E-state index contributed by atoms with van der Waals surface area (Å²) in [6.07, 6.45) is 6.69. The molecule has 0 aromatic carbocycles. The molecule has 1 atom stereocenters. The monoisotopic (exact) mass is 283 g/mol. The zero-order valence-electron chi connectivity index (χ0n) is 13.2. The van der Waals surface area contributed by atoms with Crippen molar-refractivity contribution in [2.75, 3.05) is 13.1 Å². The Balaban J connectivity index is 2.28. The molecule has 0 radical (unpaired) electrons. The number of hydrogen-bond acceptors (Lipinski definition) is 3. The Labute approximate surface area is 122 Å². The fraction of sp³-hybridized carbons (Fsp3) is 0.875. The van der Waals surface area contributed by atoms with Crippen LogP contribution in [-0.4, -0.2) is 36.0 Å². The molecule has 0 aromatic heterocycles. The molecule has 0 N–H and O–H groups in total. The molecule has 1 saturated carbocycles. The van der Waals surface area contributed by atoms with E-state index in [1.165, 1.54) is 6.42 Å². The standard InChI is InChI=1S/C16H29NO3/c1-4-17(5-2)15(18)12-11-13(3)16(19)20-14-9-7-6-8-10-14/h13-14H,4-12H2,1-3H3. The summed E-state index contributed by atoms with van der Waals surface area (Å²) in [6, 6.07) is 0. The Morgan fingerprint density at radius 2 is 1.75 bits per heavy atom. The van der Waals surface area contributed by atoms with E-state index in [1.807, 2.05) is 20.8 Å². The normalized spacial score (nSPS) is 17.6. The van der Waals surface area contributed by atoms with E-state index in [-0.39, 0.29) is 23.9 Å². The van der Waals surface area contributed by atoms with Gasteiger partial charge in [0.15, 0.2) is 0 Å². The number of hydrogen-bond donors (Lipinski definition) is 0. The van der Waals surface area contributed by atoms with E-state index in [1.54, 1.807) is 4.90 Å². The molecule has 0 bridgehead atoms. The van der Waals surface area contributed by atoms with Crippen LogP contribution >= 0.6 is 0 Å². The lowest BCUT2D eigenvalue weighted by molar-refractivity contribution is -0.155. The summed E-state index contributed by atoms with van der Waals surface area (Å²) in [5, 5.41) is 0. The minimum absolute atomic E-state index is 0.109. The number of carbonyl (C=O) groups excluding carboxylic acids is 2. The Morgan fingerprint density at radius 1 is 1.15 bits per heavy atom. The van der Waals surface area contributed by atoms with Crippen molar-refractivity contribution in [3.63, 3.8) is 0 Å². The summed E-state index contributed by atoms with van der Waals surface area (Å²) < 4.78 is 5.53. The highest BCUT2D eigenvalue weighted by molar-refractivity contribution is 5.77. The number of ether oxygens (including phenoxy) is 1. The van der Waals surface area contributed by atoms with Crippen LogP contribution in [0, 0.1) is 5.92 Å². The maximum Gasteiger partial charge on any atom is 0.308 e. The van der Waals surface area contributed by atoms with Crippen molar-refractivity contribution in [3.8, 4) is 0 Å². The molecule has 0 aromatic rings. The maximum absolute atomic E-state index is 12.0. The van der Waals surface area contributed by atoms with E-state index < -0.39 is 0 Å². The van der Waals surface area contributed by atoms with E-state index in [0.717, 1.165) is 38.8 Å². The van der Waals surface area contributed by atoms with Crippen molar-refractivity contribution in [1.82, 2.24) is 4.90 Å². The average Bonchev–Trinajstić information content (AvgIpc) is 2.47. The van der Waals surface area contributed by atoms with Gasteiger partial charge in [-0.2, -0.15) is 0 Å². The zero-order chi connectivity index (χ0) is 15.0. The second-order valence-electron chi connectivity index (χ2n) is 5.70. The summed E-state index contributed by atoms with van der Waals surface area (Å²) in [7, 11) is 0. The van der Waals surface area contributed by atoms with Gasteiger partial charge in [0.05, 0.1) is 5.92 Å². The van der Waals surface area contributed by atoms with Gasteiger partial charge < -0.3 is 9.64 Å². The van der Waals surface area contributed by atoms with Gasteiger partial charge in [0.25, 0.3) is 0 Å². The van der Waals surface area contributed by atoms with Crippen molar-refractivity contribution in [3.05, 3.63) is 0 Å². The molecule has 116 valence electrons. The largest absolute Gasteiger partial charge is 0.462 e. The van der Waals surface area contributed by atoms with Crippen molar-refractivity contribution in [1.29, 1.82) is 0 Å². The minimum atomic E-state index is -0.184. The lowest BCUT2D eigenvalue weighted by Crippen LogP contribution is -2.31. The van der Waals surface area contributed by atoms with Gasteiger partial charge in [-0.1, -0.05) is 13.3 Å². The van der Waals surface area contributed by atoms with Gasteiger partial charge in [0, 0.05) is 19.5 Å². The van der Waals surface area contributed by atoms with Gasteiger partial charge in [-0.25, -0.2) is 0 Å². The molecule has 20 heavy (non-hydrogen) atoms. The molecule has 0 aliphatic heterocycles. The SMILES string of the molecule is CCN(CC)C(=O)CCC(C)C(=O)OC1CCCCC1. The first-order valence-electron chi connectivity index (χ1n) is 8.06. The Hall–Kier alpha value is -1.06. The van der Waals surface area contributed by atoms with Gasteiger partial charge in [-0.05, 0) is 46.0 Å². The topological polar surface area (TPSA) is 46.6 Å². The first-order chi connectivity index (χ1) is 9.58. The van der Waals surface area contributed by atoms with Gasteiger partial charge in [-0.3, -0.25) is 9.59 Å². The van der Waals surface area contributed by atoms with Crippen molar-refractivity contribution in [2.45, 2.75) is 71.8 Å². The van der Waals surface area contributed by atoms with Crippen LogP contribution in [0.15, 0.2) is 0 Å². The molecule has 1 amide bonds. The summed E-state index contributed by atoms with van der Waals surface area (Å²) >= 11 is 0. The van der Waals surface area contributed by atoms with E-state index in [4.69, 9.17) is 4.74 Å². The van der Waals surface area contributed by atoms with Crippen LogP contribution in [0.5, 0.6) is 0 Å². The molecular formula is C16H29NO3. The lowest BCUT2D eigenvalue weighted by Gasteiger charge is -2.24. The van der Waals surface area contributed by atoms with Crippen LogP contribution in [0.2, 0.25) is 0 Å². The van der Waals surface area contributed by atoms with Gasteiger partial charge >= 0.3 is 5.97 Å². The molecule has 1 rings (SSSR count). The maximum atomic E-state index is 12.0. The van der Waals surface area contributed by atoms with Gasteiger partial charge in [-0.15, -0.1) is 0 Å². The van der Waals surface area contributed by atoms with E-state index in [2.05, 4.69) is 0 Å². The Morgan fingerprint density at radius 3 is 2.30 bits per heavy atom. The highest BCUT2D eigenvalue weighted by Gasteiger charge is 2.22. The Bertz CT molecular complexity index is 307. The number of nitrogens with zero attached hydrogens (tertiary/aromatic N) is 1. The van der Waals surface area contributed by atoms with Crippen molar-refractivity contribution in [2.24, 2.45) is 5.92 Å². The molecule has 1 aliphatic carbocycles. The third kappa shape index (κ3) is 5.51. The van der Waals surface area contributed by atoms with Crippen LogP contribution in [-0.2, 0) is 14.3 Å². The van der Waals surface area contributed by atoms with Crippen molar-refractivity contribution < 1.29 is 14.3 Å². The molecule has 0 heterocycles. The highest BCUT2D eigenvalue weighted by atomic mass is 16.5. The molecule has 4 heteroatoms. The zero-order valence-corrected chi connectivity index (χ0v) is 13.2. The first-order valence-corrected chi connectivity index (χ1v) is 8.06. The number of rotatable bonds is 7. The molecule has 1 fully saturated rings. The molecule has 0 saturated heterocycles. The van der Waals surface area contributed by atoms with Crippen LogP contribution < -0.4 is 0 Å².